The first-order valence-electron chi connectivity index (χ1n) is 2.67. The predicted octanol–water partition coefficient (Wildman–Crippen LogP) is 1.12. The molecule has 0 aliphatic carbocycles. The van der Waals surface area contributed by atoms with Crippen LogP contribution in [0.25, 0.3) is 0 Å². The number of aliphatic carboxylic acids is 1. The lowest BCUT2D eigenvalue weighted by Crippen LogP contribution is -1.98. The Labute approximate surface area is 64.4 Å². The number of thiol groups is 1. The van der Waals surface area contributed by atoms with Crippen molar-refractivity contribution >= 4 is 30.4 Å². The van der Waals surface area contributed by atoms with Crippen LogP contribution < -0.4 is 0 Å². The summed E-state index contributed by atoms with van der Waals surface area (Å²) in [6.45, 7) is 0. The van der Waals surface area contributed by atoms with E-state index in [4.69, 9.17) is 5.11 Å². The van der Waals surface area contributed by atoms with Crippen molar-refractivity contribution < 1.29 is 9.90 Å². The number of rotatable bonds is 5. The smallest absolute Gasteiger partial charge is 0.313 e. The van der Waals surface area contributed by atoms with Crippen LogP contribution in [0.15, 0.2) is 0 Å². The highest BCUT2D eigenvalue weighted by molar-refractivity contribution is 7.99. The molecule has 0 aromatic heterocycles. The second-order valence-electron chi connectivity index (χ2n) is 1.52. The van der Waals surface area contributed by atoms with Gasteiger partial charge in [0.05, 0.1) is 5.75 Å². The van der Waals surface area contributed by atoms with Crippen molar-refractivity contribution in [1.82, 2.24) is 0 Å². The Kier molecular flexibility index (Phi) is 6.41. The van der Waals surface area contributed by atoms with Gasteiger partial charge in [0.2, 0.25) is 0 Å². The van der Waals surface area contributed by atoms with Crippen molar-refractivity contribution in [1.29, 1.82) is 0 Å². The van der Waals surface area contributed by atoms with E-state index >= 15 is 0 Å². The summed E-state index contributed by atoms with van der Waals surface area (Å²) in [7, 11) is 0. The lowest BCUT2D eigenvalue weighted by molar-refractivity contribution is -0.133. The fraction of sp³-hybridized carbons (Fsp3) is 0.800. The molecule has 0 atom stereocenters. The molecule has 2 nitrogen and oxygen atoms in total. The van der Waals surface area contributed by atoms with Crippen LogP contribution in [0.5, 0.6) is 0 Å². The summed E-state index contributed by atoms with van der Waals surface area (Å²) < 4.78 is 0. The van der Waals surface area contributed by atoms with Crippen molar-refractivity contribution in [2.24, 2.45) is 0 Å². The molecule has 4 heteroatoms. The second kappa shape index (κ2) is 6.29. The normalized spacial score (nSPS) is 9.44. The maximum absolute atomic E-state index is 9.92. The summed E-state index contributed by atoms with van der Waals surface area (Å²) in [5, 5.41) is 8.17. The second-order valence-corrected chi connectivity index (χ2v) is 3.08. The minimum atomic E-state index is -0.737. The van der Waals surface area contributed by atoms with Crippen molar-refractivity contribution in [3.63, 3.8) is 0 Å². The van der Waals surface area contributed by atoms with E-state index in [1.807, 2.05) is 0 Å². The van der Waals surface area contributed by atoms with E-state index in [1.54, 1.807) is 0 Å². The Hall–Kier alpha value is 0.170. The molecule has 0 rings (SSSR count). The Morgan fingerprint density at radius 2 is 2.33 bits per heavy atom. The van der Waals surface area contributed by atoms with Gasteiger partial charge >= 0.3 is 5.97 Å². The molecule has 0 aromatic rings. The molecule has 0 bridgehead atoms. The lowest BCUT2D eigenvalue weighted by Gasteiger charge is -1.93. The SMILES string of the molecule is O=C(O)CSCCCS. The first kappa shape index (κ1) is 9.17. The predicted molar refractivity (Wildman–Crippen MR) is 43.4 cm³/mol. The number of hydrogen-bond donors (Lipinski definition) is 2. The van der Waals surface area contributed by atoms with Crippen LogP contribution in [0.2, 0.25) is 0 Å². The highest BCUT2D eigenvalue weighted by atomic mass is 32.2. The first-order valence-corrected chi connectivity index (χ1v) is 4.46. The van der Waals surface area contributed by atoms with Crippen LogP contribution in [0.3, 0.4) is 0 Å². The Morgan fingerprint density at radius 3 is 2.78 bits per heavy atom. The van der Waals surface area contributed by atoms with E-state index in [0.29, 0.717) is 0 Å². The minimum absolute atomic E-state index is 0.216. The fourth-order valence-electron chi connectivity index (χ4n) is 0.326. The van der Waals surface area contributed by atoms with E-state index < -0.39 is 5.97 Å². The third kappa shape index (κ3) is 8.17. The number of carboxylic acids is 1. The van der Waals surface area contributed by atoms with Gasteiger partial charge in [0, 0.05) is 0 Å². The lowest BCUT2D eigenvalue weighted by atomic mass is 10.6. The molecule has 0 saturated heterocycles. The van der Waals surface area contributed by atoms with Gasteiger partial charge in [0.25, 0.3) is 0 Å². The van der Waals surface area contributed by atoms with E-state index in [0.717, 1.165) is 17.9 Å². The standard InChI is InChI=1S/C5H10O2S2/c6-5(7)4-9-3-1-2-8/h8H,1-4H2,(H,6,7). The van der Waals surface area contributed by atoms with E-state index in [-0.39, 0.29) is 5.75 Å². The zero-order chi connectivity index (χ0) is 7.11. The molecule has 0 unspecified atom stereocenters. The number of carbonyl (C=O) groups is 1. The summed E-state index contributed by atoms with van der Waals surface area (Å²) in [4.78, 5) is 9.92. The van der Waals surface area contributed by atoms with Gasteiger partial charge in [0.1, 0.15) is 0 Å². The molecule has 0 aromatic carbocycles. The van der Waals surface area contributed by atoms with E-state index in [9.17, 15) is 4.79 Å². The van der Waals surface area contributed by atoms with Gasteiger partial charge in [-0.05, 0) is 17.9 Å². The van der Waals surface area contributed by atoms with Crippen molar-refractivity contribution in [2.75, 3.05) is 17.3 Å². The van der Waals surface area contributed by atoms with E-state index in [2.05, 4.69) is 12.6 Å². The molecule has 0 radical (unpaired) electrons. The molecule has 0 spiro atoms. The molecule has 0 heterocycles. The molecular formula is C5H10O2S2. The number of carboxylic acid groups (broad SMARTS) is 1. The van der Waals surface area contributed by atoms with Gasteiger partial charge in [-0.1, -0.05) is 0 Å². The third-order valence-corrected chi connectivity index (χ3v) is 2.02. The fourth-order valence-corrected chi connectivity index (χ4v) is 1.37. The van der Waals surface area contributed by atoms with Gasteiger partial charge in [-0.3, -0.25) is 4.79 Å². The summed E-state index contributed by atoms with van der Waals surface area (Å²) >= 11 is 5.42. The van der Waals surface area contributed by atoms with Crippen LogP contribution in [0.1, 0.15) is 6.42 Å². The third-order valence-electron chi connectivity index (χ3n) is 0.672. The molecule has 0 saturated carbocycles. The molecule has 9 heavy (non-hydrogen) atoms. The van der Waals surface area contributed by atoms with Crippen LogP contribution >= 0.6 is 24.4 Å². The Balaban J connectivity index is 2.83. The van der Waals surface area contributed by atoms with Crippen LogP contribution in [0.4, 0.5) is 0 Å². The summed E-state index contributed by atoms with van der Waals surface area (Å²) in [5.74, 6) is 1.22. The molecule has 1 N–H and O–H groups in total. The zero-order valence-electron chi connectivity index (χ0n) is 5.04. The van der Waals surface area contributed by atoms with E-state index in [1.165, 1.54) is 11.8 Å². The summed E-state index contributed by atoms with van der Waals surface area (Å²) in [6.07, 6.45) is 0.987. The Morgan fingerprint density at radius 1 is 1.67 bits per heavy atom. The Bertz CT molecular complexity index is 85.0. The van der Waals surface area contributed by atoms with Crippen molar-refractivity contribution in [2.45, 2.75) is 6.42 Å². The van der Waals surface area contributed by atoms with Gasteiger partial charge in [-0.25, -0.2) is 0 Å². The van der Waals surface area contributed by atoms with Crippen LogP contribution in [0, 0.1) is 0 Å². The number of hydrogen-bond acceptors (Lipinski definition) is 3. The summed E-state index contributed by atoms with van der Waals surface area (Å²) in [5.41, 5.74) is 0. The highest BCUT2D eigenvalue weighted by Gasteiger charge is 1.94. The summed E-state index contributed by atoms with van der Waals surface area (Å²) in [6, 6.07) is 0. The zero-order valence-corrected chi connectivity index (χ0v) is 6.75. The molecule has 0 fully saturated rings. The molecule has 0 aliphatic rings. The topological polar surface area (TPSA) is 37.3 Å². The van der Waals surface area contributed by atoms with Gasteiger partial charge in [-0.2, -0.15) is 24.4 Å². The maximum atomic E-state index is 9.92. The number of thioether (sulfide) groups is 1. The van der Waals surface area contributed by atoms with Gasteiger partial charge in [-0.15, -0.1) is 0 Å². The average Bonchev–Trinajstić information content (AvgIpc) is 1.80. The van der Waals surface area contributed by atoms with Gasteiger partial charge < -0.3 is 5.11 Å². The van der Waals surface area contributed by atoms with Crippen LogP contribution in [-0.2, 0) is 4.79 Å². The van der Waals surface area contributed by atoms with Crippen molar-refractivity contribution in [3.8, 4) is 0 Å². The first-order chi connectivity index (χ1) is 4.27. The highest BCUT2D eigenvalue weighted by Crippen LogP contribution is 2.01. The average molecular weight is 166 g/mol. The maximum Gasteiger partial charge on any atom is 0.313 e. The quantitative estimate of drug-likeness (QED) is 0.475. The van der Waals surface area contributed by atoms with Crippen LogP contribution in [-0.4, -0.2) is 28.3 Å². The molecule has 0 aliphatic heterocycles. The van der Waals surface area contributed by atoms with Crippen molar-refractivity contribution in [3.05, 3.63) is 0 Å². The van der Waals surface area contributed by atoms with Gasteiger partial charge in [0.15, 0.2) is 0 Å². The largest absolute Gasteiger partial charge is 0.481 e. The molecule has 0 amide bonds. The minimum Gasteiger partial charge on any atom is -0.481 e. The molecule has 54 valence electrons. The monoisotopic (exact) mass is 166 g/mol. The molecular weight excluding hydrogens is 156 g/mol.